The molecule has 0 fully saturated rings. The lowest BCUT2D eigenvalue weighted by atomic mass is 10.1. The van der Waals surface area contributed by atoms with Crippen LogP contribution in [-0.4, -0.2) is 22.9 Å². The number of rotatable bonds is 8. The van der Waals surface area contributed by atoms with E-state index in [0.29, 0.717) is 24.3 Å². The Balaban J connectivity index is 2.05. The van der Waals surface area contributed by atoms with Crippen molar-refractivity contribution < 1.29 is 9.21 Å². The van der Waals surface area contributed by atoms with E-state index in [1.54, 1.807) is 6.07 Å². The van der Waals surface area contributed by atoms with Crippen LogP contribution in [0, 0.1) is 5.92 Å². The van der Waals surface area contributed by atoms with Crippen LogP contribution in [0.4, 0.5) is 0 Å². The van der Waals surface area contributed by atoms with Gasteiger partial charge in [0, 0.05) is 23.7 Å². The summed E-state index contributed by atoms with van der Waals surface area (Å²) >= 11 is 6.29. The first kappa shape index (κ1) is 20.5. The lowest BCUT2D eigenvalue weighted by Gasteiger charge is -2.26. The highest BCUT2D eigenvalue weighted by atomic mass is 35.5. The van der Waals surface area contributed by atoms with E-state index in [1.807, 2.05) is 37.3 Å². The van der Waals surface area contributed by atoms with Gasteiger partial charge >= 0.3 is 0 Å². The van der Waals surface area contributed by atoms with Crippen LogP contribution >= 0.6 is 11.6 Å². The maximum Gasteiger partial charge on any atom is 0.287 e. The Labute approximate surface area is 161 Å². The molecule has 142 valence electrons. The zero-order valence-corrected chi connectivity index (χ0v) is 17.0. The normalized spacial score (nSPS) is 12.8. The molecule has 1 amide bonds. The van der Waals surface area contributed by atoms with Crippen LogP contribution in [0.2, 0.25) is 5.02 Å². The van der Waals surface area contributed by atoms with Crippen molar-refractivity contribution >= 4 is 17.5 Å². The molecular formula is C21H29ClN2O2. The topological polar surface area (TPSA) is 45.5 Å². The number of hydrogen-bond donors (Lipinski definition) is 1. The third-order valence-electron chi connectivity index (χ3n) is 4.66. The van der Waals surface area contributed by atoms with Gasteiger partial charge in [-0.25, -0.2) is 0 Å². The minimum Gasteiger partial charge on any atom is -0.455 e. The van der Waals surface area contributed by atoms with Gasteiger partial charge < -0.3 is 9.73 Å². The highest BCUT2D eigenvalue weighted by Gasteiger charge is 2.18. The van der Waals surface area contributed by atoms with E-state index < -0.39 is 0 Å². The number of nitrogens with zero attached hydrogens (tertiary/aromatic N) is 1. The molecule has 0 radical (unpaired) electrons. The summed E-state index contributed by atoms with van der Waals surface area (Å²) in [4.78, 5) is 14.6. The Morgan fingerprint density at radius 2 is 1.77 bits per heavy atom. The average molecular weight is 377 g/mol. The summed E-state index contributed by atoms with van der Waals surface area (Å²) in [6.07, 6.45) is 0. The van der Waals surface area contributed by atoms with Crippen molar-refractivity contribution in [2.75, 3.05) is 0 Å². The van der Waals surface area contributed by atoms with Crippen LogP contribution < -0.4 is 5.32 Å². The average Bonchev–Trinajstić information content (AvgIpc) is 3.04. The molecule has 1 unspecified atom stereocenters. The van der Waals surface area contributed by atoms with Gasteiger partial charge in [0.15, 0.2) is 5.76 Å². The van der Waals surface area contributed by atoms with Crippen molar-refractivity contribution in [3.05, 3.63) is 58.5 Å². The highest BCUT2D eigenvalue weighted by Crippen LogP contribution is 2.20. The molecule has 1 N–H and O–H groups in total. The molecule has 0 aliphatic heterocycles. The van der Waals surface area contributed by atoms with Crippen LogP contribution in [0.3, 0.4) is 0 Å². The SMILES string of the molecule is CC(C)C(C)NC(=O)c1ccc(CN(Cc2ccccc2Cl)C(C)C)o1. The van der Waals surface area contributed by atoms with Crippen molar-refractivity contribution in [3.63, 3.8) is 0 Å². The van der Waals surface area contributed by atoms with E-state index in [2.05, 4.69) is 37.9 Å². The predicted molar refractivity (Wildman–Crippen MR) is 106 cm³/mol. The van der Waals surface area contributed by atoms with Crippen LogP contribution in [0.25, 0.3) is 0 Å². The summed E-state index contributed by atoms with van der Waals surface area (Å²) in [5.41, 5.74) is 1.08. The molecule has 1 atom stereocenters. The molecule has 0 aliphatic carbocycles. The first-order valence-corrected chi connectivity index (χ1v) is 9.52. The number of carbonyl (C=O) groups is 1. The van der Waals surface area contributed by atoms with Gasteiger partial charge in [0.05, 0.1) is 6.54 Å². The fraction of sp³-hybridized carbons (Fsp3) is 0.476. The van der Waals surface area contributed by atoms with Crippen LogP contribution in [0.15, 0.2) is 40.8 Å². The first-order chi connectivity index (χ1) is 12.3. The second kappa shape index (κ2) is 9.24. The number of benzene rings is 1. The molecule has 0 saturated carbocycles. The Morgan fingerprint density at radius 3 is 2.38 bits per heavy atom. The maximum atomic E-state index is 12.3. The minimum atomic E-state index is -0.167. The summed E-state index contributed by atoms with van der Waals surface area (Å²) in [6, 6.07) is 11.9. The number of hydrogen-bond acceptors (Lipinski definition) is 3. The molecule has 0 spiro atoms. The van der Waals surface area contributed by atoms with E-state index in [-0.39, 0.29) is 11.9 Å². The van der Waals surface area contributed by atoms with E-state index in [1.165, 1.54) is 0 Å². The molecule has 1 aromatic heterocycles. The molecular weight excluding hydrogens is 348 g/mol. The molecule has 0 bridgehead atoms. The molecule has 1 heterocycles. The van der Waals surface area contributed by atoms with Crippen LogP contribution in [0.5, 0.6) is 0 Å². The molecule has 0 aliphatic rings. The molecule has 1 aromatic carbocycles. The Bertz CT molecular complexity index is 724. The summed E-state index contributed by atoms with van der Waals surface area (Å²) in [5, 5.41) is 3.73. The van der Waals surface area contributed by atoms with Gasteiger partial charge in [0.1, 0.15) is 5.76 Å². The number of amides is 1. The van der Waals surface area contributed by atoms with Gasteiger partial charge in [-0.1, -0.05) is 43.6 Å². The zero-order chi connectivity index (χ0) is 19.3. The highest BCUT2D eigenvalue weighted by molar-refractivity contribution is 6.31. The fourth-order valence-corrected chi connectivity index (χ4v) is 2.69. The summed E-state index contributed by atoms with van der Waals surface area (Å²) < 4.78 is 5.79. The summed E-state index contributed by atoms with van der Waals surface area (Å²) in [5.74, 6) is 1.34. The number of carbonyl (C=O) groups excluding carboxylic acids is 1. The third kappa shape index (κ3) is 5.61. The smallest absolute Gasteiger partial charge is 0.287 e. The van der Waals surface area contributed by atoms with E-state index in [0.717, 1.165) is 22.9 Å². The van der Waals surface area contributed by atoms with E-state index in [4.69, 9.17) is 16.0 Å². The third-order valence-corrected chi connectivity index (χ3v) is 5.03. The van der Waals surface area contributed by atoms with E-state index in [9.17, 15) is 4.79 Å². The standard InChI is InChI=1S/C21H29ClN2O2/c1-14(2)16(5)23-21(25)20-11-10-18(26-20)13-24(15(3)4)12-17-8-6-7-9-19(17)22/h6-11,14-16H,12-13H2,1-5H3,(H,23,25). The largest absolute Gasteiger partial charge is 0.455 e. The van der Waals surface area contributed by atoms with Crippen molar-refractivity contribution in [1.82, 2.24) is 10.2 Å². The van der Waals surface area contributed by atoms with Crippen molar-refractivity contribution in [2.45, 2.75) is 59.8 Å². The Kier molecular flexibility index (Phi) is 7.30. The minimum absolute atomic E-state index is 0.100. The number of halogens is 1. The second-order valence-corrected chi connectivity index (χ2v) is 7.77. The van der Waals surface area contributed by atoms with Gasteiger partial charge in [0.2, 0.25) is 0 Å². The number of furan rings is 1. The van der Waals surface area contributed by atoms with Crippen LogP contribution in [-0.2, 0) is 13.1 Å². The lowest BCUT2D eigenvalue weighted by Crippen LogP contribution is -2.35. The molecule has 2 aromatic rings. The first-order valence-electron chi connectivity index (χ1n) is 9.15. The quantitative estimate of drug-likeness (QED) is 0.695. The van der Waals surface area contributed by atoms with Gasteiger partial charge in [-0.3, -0.25) is 9.69 Å². The fourth-order valence-electron chi connectivity index (χ4n) is 2.50. The predicted octanol–water partition coefficient (Wildman–Crippen LogP) is 5.12. The van der Waals surface area contributed by atoms with Crippen molar-refractivity contribution in [1.29, 1.82) is 0 Å². The molecule has 4 nitrogen and oxygen atoms in total. The summed E-state index contributed by atoms with van der Waals surface area (Å²) in [6.45, 7) is 11.8. The zero-order valence-electron chi connectivity index (χ0n) is 16.3. The summed E-state index contributed by atoms with van der Waals surface area (Å²) in [7, 11) is 0. The molecule has 26 heavy (non-hydrogen) atoms. The van der Waals surface area contributed by atoms with Gasteiger partial charge in [-0.2, -0.15) is 0 Å². The van der Waals surface area contributed by atoms with Gasteiger partial charge in [-0.05, 0) is 50.5 Å². The van der Waals surface area contributed by atoms with E-state index >= 15 is 0 Å². The Morgan fingerprint density at radius 1 is 1.08 bits per heavy atom. The van der Waals surface area contributed by atoms with Crippen LogP contribution in [0.1, 0.15) is 56.5 Å². The second-order valence-electron chi connectivity index (χ2n) is 7.36. The van der Waals surface area contributed by atoms with Crippen molar-refractivity contribution in [3.8, 4) is 0 Å². The van der Waals surface area contributed by atoms with Gasteiger partial charge in [0.25, 0.3) is 5.91 Å². The maximum absolute atomic E-state index is 12.3. The molecule has 0 saturated heterocycles. The lowest BCUT2D eigenvalue weighted by molar-refractivity contribution is 0.0897. The van der Waals surface area contributed by atoms with Gasteiger partial charge in [-0.15, -0.1) is 0 Å². The number of nitrogens with one attached hydrogen (secondary N) is 1. The molecule has 2 rings (SSSR count). The molecule has 5 heteroatoms. The van der Waals surface area contributed by atoms with Crippen molar-refractivity contribution in [2.24, 2.45) is 5.92 Å². The monoisotopic (exact) mass is 376 g/mol. The Hall–Kier alpha value is -1.78.